The van der Waals surface area contributed by atoms with Crippen LogP contribution in [0.4, 0.5) is 0 Å². The van der Waals surface area contributed by atoms with E-state index in [9.17, 15) is 9.59 Å². The molecule has 1 unspecified atom stereocenters. The van der Waals surface area contributed by atoms with Gasteiger partial charge in [0, 0.05) is 32.7 Å². The first-order valence-electron chi connectivity index (χ1n) is 8.68. The number of rotatable bonds is 4. The molecule has 0 aliphatic carbocycles. The van der Waals surface area contributed by atoms with E-state index in [0.29, 0.717) is 52.4 Å². The summed E-state index contributed by atoms with van der Waals surface area (Å²) in [5, 5.41) is 3.19. The third-order valence-corrected chi connectivity index (χ3v) is 4.65. The molecule has 0 bridgehead atoms. The van der Waals surface area contributed by atoms with Crippen molar-refractivity contribution in [2.45, 2.75) is 12.5 Å². The smallest absolute Gasteiger partial charge is 0.242 e. The van der Waals surface area contributed by atoms with Gasteiger partial charge in [-0.1, -0.05) is 12.1 Å². The fraction of sp³-hybridized carbons (Fsp3) is 0.556. The van der Waals surface area contributed by atoms with E-state index in [2.05, 4.69) is 5.32 Å². The summed E-state index contributed by atoms with van der Waals surface area (Å²) in [7, 11) is 1.61. The van der Waals surface area contributed by atoms with Gasteiger partial charge in [0.25, 0.3) is 0 Å². The molecular weight excluding hydrogens is 322 g/mol. The number of carbonyl (C=O) groups excluding carboxylic acids is 2. The molecule has 2 saturated heterocycles. The quantitative estimate of drug-likeness (QED) is 0.823. The topological polar surface area (TPSA) is 71.1 Å². The summed E-state index contributed by atoms with van der Waals surface area (Å²) in [6.07, 6.45) is 0.350. The minimum absolute atomic E-state index is 0.0691. The number of morpholine rings is 1. The minimum atomic E-state index is -0.257. The van der Waals surface area contributed by atoms with E-state index >= 15 is 0 Å². The van der Waals surface area contributed by atoms with Gasteiger partial charge in [-0.05, 0) is 17.7 Å². The summed E-state index contributed by atoms with van der Waals surface area (Å²) in [6.45, 7) is 4.06. The molecule has 2 aliphatic heterocycles. The van der Waals surface area contributed by atoms with E-state index in [1.54, 1.807) is 7.11 Å². The molecule has 25 heavy (non-hydrogen) atoms. The third-order valence-electron chi connectivity index (χ3n) is 4.65. The van der Waals surface area contributed by atoms with Crippen molar-refractivity contribution in [1.29, 1.82) is 0 Å². The van der Waals surface area contributed by atoms with Crippen molar-refractivity contribution in [3.8, 4) is 5.75 Å². The molecule has 2 fully saturated rings. The second-order valence-electron chi connectivity index (χ2n) is 6.32. The number of ether oxygens (including phenoxy) is 2. The van der Waals surface area contributed by atoms with Crippen LogP contribution in [0.1, 0.15) is 5.56 Å². The average Bonchev–Trinajstić information content (AvgIpc) is 2.68. The lowest BCUT2D eigenvalue weighted by Crippen LogP contribution is -2.57. The maximum atomic E-state index is 12.5. The van der Waals surface area contributed by atoms with Crippen LogP contribution in [0.15, 0.2) is 24.3 Å². The largest absolute Gasteiger partial charge is 0.497 e. The van der Waals surface area contributed by atoms with Crippen LogP contribution in [0.5, 0.6) is 5.75 Å². The second kappa shape index (κ2) is 8.31. The molecule has 3 rings (SSSR count). The van der Waals surface area contributed by atoms with Crippen molar-refractivity contribution in [2.24, 2.45) is 0 Å². The normalized spacial score (nSPS) is 21.1. The summed E-state index contributed by atoms with van der Waals surface area (Å²) in [4.78, 5) is 28.6. The lowest BCUT2D eigenvalue weighted by atomic mass is 10.1. The van der Waals surface area contributed by atoms with E-state index in [-0.39, 0.29) is 17.9 Å². The Hall–Kier alpha value is -2.12. The minimum Gasteiger partial charge on any atom is -0.497 e. The fourth-order valence-corrected chi connectivity index (χ4v) is 3.19. The molecule has 2 amide bonds. The zero-order chi connectivity index (χ0) is 17.6. The molecule has 0 spiro atoms. The highest BCUT2D eigenvalue weighted by atomic mass is 16.5. The van der Waals surface area contributed by atoms with Crippen LogP contribution in [-0.4, -0.2) is 80.7 Å². The first kappa shape index (κ1) is 17.7. The molecule has 1 atom stereocenters. The summed E-state index contributed by atoms with van der Waals surface area (Å²) in [6, 6.07) is 7.30. The van der Waals surface area contributed by atoms with Gasteiger partial charge in [0.05, 0.1) is 26.7 Å². The molecule has 1 aromatic carbocycles. The maximum absolute atomic E-state index is 12.5. The molecule has 1 aromatic rings. The summed E-state index contributed by atoms with van der Waals surface area (Å²) in [5.74, 6) is 0.905. The first-order chi connectivity index (χ1) is 12.2. The number of hydrogen-bond donors (Lipinski definition) is 1. The first-order valence-corrected chi connectivity index (χ1v) is 8.68. The Kier molecular flexibility index (Phi) is 5.88. The Bertz CT molecular complexity index is 608. The van der Waals surface area contributed by atoms with Gasteiger partial charge in [-0.15, -0.1) is 0 Å². The monoisotopic (exact) mass is 347 g/mol. The molecule has 0 aromatic heterocycles. The number of methoxy groups -OCH3 is 1. The molecule has 0 radical (unpaired) electrons. The van der Waals surface area contributed by atoms with E-state index in [0.717, 1.165) is 11.3 Å². The third kappa shape index (κ3) is 4.49. The van der Waals surface area contributed by atoms with Crippen LogP contribution < -0.4 is 10.1 Å². The molecule has 2 aliphatic rings. The number of hydrogen-bond acceptors (Lipinski definition) is 5. The highest BCUT2D eigenvalue weighted by Gasteiger charge is 2.29. The Morgan fingerprint density at radius 3 is 2.68 bits per heavy atom. The van der Waals surface area contributed by atoms with Crippen LogP contribution in [0, 0.1) is 0 Å². The number of nitrogens with zero attached hydrogens (tertiary/aromatic N) is 2. The lowest BCUT2D eigenvalue weighted by Gasteiger charge is -2.37. The van der Waals surface area contributed by atoms with Crippen LogP contribution >= 0.6 is 0 Å². The second-order valence-corrected chi connectivity index (χ2v) is 6.32. The zero-order valence-electron chi connectivity index (χ0n) is 14.6. The van der Waals surface area contributed by atoms with Crippen LogP contribution in [0.2, 0.25) is 0 Å². The van der Waals surface area contributed by atoms with Crippen LogP contribution in [0.3, 0.4) is 0 Å². The fourth-order valence-electron chi connectivity index (χ4n) is 3.19. The summed E-state index contributed by atoms with van der Waals surface area (Å²) in [5.41, 5.74) is 0.936. The highest BCUT2D eigenvalue weighted by Crippen LogP contribution is 2.14. The zero-order valence-corrected chi connectivity index (χ0v) is 14.6. The van der Waals surface area contributed by atoms with E-state index in [4.69, 9.17) is 9.47 Å². The molecule has 136 valence electrons. The Morgan fingerprint density at radius 1 is 1.24 bits per heavy atom. The van der Waals surface area contributed by atoms with Gasteiger partial charge in [-0.25, -0.2) is 0 Å². The molecule has 1 N–H and O–H groups in total. The number of amides is 2. The van der Waals surface area contributed by atoms with Gasteiger partial charge in [-0.2, -0.15) is 0 Å². The van der Waals surface area contributed by atoms with E-state index in [1.165, 1.54) is 0 Å². The van der Waals surface area contributed by atoms with Crippen molar-refractivity contribution < 1.29 is 19.1 Å². The SMILES string of the molecule is COc1cccc(CC(=O)N2CCN(C(=O)C3COCCN3)CC2)c1. The average molecular weight is 347 g/mol. The van der Waals surface area contributed by atoms with Crippen molar-refractivity contribution in [3.05, 3.63) is 29.8 Å². The summed E-state index contributed by atoms with van der Waals surface area (Å²) >= 11 is 0. The number of carbonyl (C=O) groups is 2. The molecule has 7 heteroatoms. The van der Waals surface area contributed by atoms with Gasteiger partial charge in [0.1, 0.15) is 11.8 Å². The van der Waals surface area contributed by atoms with Gasteiger partial charge >= 0.3 is 0 Å². The van der Waals surface area contributed by atoms with Gasteiger partial charge in [0.15, 0.2) is 0 Å². The number of piperazine rings is 1. The summed E-state index contributed by atoms with van der Waals surface area (Å²) < 4.78 is 10.5. The van der Waals surface area contributed by atoms with Gasteiger partial charge in [0.2, 0.25) is 11.8 Å². The molecular formula is C18H25N3O4. The predicted octanol–water partition coefficient (Wildman–Crippen LogP) is -0.103. The van der Waals surface area contributed by atoms with Crippen LogP contribution in [0.25, 0.3) is 0 Å². The van der Waals surface area contributed by atoms with Crippen molar-refractivity contribution in [2.75, 3.05) is 53.0 Å². The van der Waals surface area contributed by atoms with Crippen molar-refractivity contribution in [3.63, 3.8) is 0 Å². The van der Waals surface area contributed by atoms with Crippen LogP contribution in [-0.2, 0) is 20.7 Å². The van der Waals surface area contributed by atoms with Crippen molar-refractivity contribution in [1.82, 2.24) is 15.1 Å². The van der Waals surface area contributed by atoms with Crippen molar-refractivity contribution >= 4 is 11.8 Å². The Morgan fingerprint density at radius 2 is 2.00 bits per heavy atom. The Balaban J connectivity index is 1.49. The maximum Gasteiger partial charge on any atom is 0.242 e. The lowest BCUT2D eigenvalue weighted by molar-refractivity contribution is -0.142. The Labute approximate surface area is 147 Å². The molecule has 2 heterocycles. The highest BCUT2D eigenvalue weighted by molar-refractivity contribution is 5.83. The number of benzene rings is 1. The van der Waals surface area contributed by atoms with E-state index in [1.807, 2.05) is 34.1 Å². The van der Waals surface area contributed by atoms with E-state index < -0.39 is 0 Å². The number of nitrogens with one attached hydrogen (secondary N) is 1. The predicted molar refractivity (Wildman–Crippen MR) is 92.5 cm³/mol. The molecule has 0 saturated carbocycles. The van der Waals surface area contributed by atoms with Gasteiger partial charge < -0.3 is 24.6 Å². The standard InChI is InChI=1S/C18H25N3O4/c1-24-15-4-2-3-14(11-15)12-17(22)20-6-8-21(9-7-20)18(23)16-13-25-10-5-19-16/h2-4,11,16,19H,5-10,12-13H2,1H3. The molecule has 7 nitrogen and oxygen atoms in total. The van der Waals surface area contributed by atoms with Gasteiger partial charge in [-0.3, -0.25) is 9.59 Å².